The number of nitrogens with zero attached hydrogens (tertiary/aromatic N) is 2. The molecule has 1 fully saturated rings. The predicted octanol–water partition coefficient (Wildman–Crippen LogP) is 3.11. The van der Waals surface area contributed by atoms with E-state index in [4.69, 9.17) is 21.1 Å². The third kappa shape index (κ3) is 4.78. The molecule has 1 aromatic rings. The summed E-state index contributed by atoms with van der Waals surface area (Å²) in [5.74, 6) is 0.537. The maximum absolute atomic E-state index is 12.7. The SMILES string of the molecule is COc1cc(N(CC(=O)N2CCCCCC2)C(C)=O)c(OC)cc1Cl. The summed E-state index contributed by atoms with van der Waals surface area (Å²) in [4.78, 5) is 28.1. The van der Waals surface area contributed by atoms with Gasteiger partial charge in [0.1, 0.15) is 18.0 Å². The Morgan fingerprint density at radius 1 is 1.08 bits per heavy atom. The number of halogens is 1. The first-order chi connectivity index (χ1) is 12.0. The number of hydrogen-bond acceptors (Lipinski definition) is 4. The zero-order valence-electron chi connectivity index (χ0n) is 15.0. The smallest absolute Gasteiger partial charge is 0.242 e. The highest BCUT2D eigenvalue weighted by atomic mass is 35.5. The summed E-state index contributed by atoms with van der Waals surface area (Å²) in [6.07, 6.45) is 4.29. The van der Waals surface area contributed by atoms with E-state index in [-0.39, 0.29) is 18.4 Å². The zero-order chi connectivity index (χ0) is 18.4. The lowest BCUT2D eigenvalue weighted by atomic mass is 10.2. The van der Waals surface area contributed by atoms with Crippen molar-refractivity contribution >= 4 is 29.1 Å². The summed E-state index contributed by atoms with van der Waals surface area (Å²) in [5.41, 5.74) is 0.472. The molecule has 1 aromatic carbocycles. The second-order valence-electron chi connectivity index (χ2n) is 6.06. The van der Waals surface area contributed by atoms with Gasteiger partial charge in [-0.2, -0.15) is 0 Å². The molecule has 1 aliphatic rings. The van der Waals surface area contributed by atoms with Crippen LogP contribution in [-0.4, -0.2) is 50.6 Å². The fourth-order valence-electron chi connectivity index (χ4n) is 2.98. The minimum absolute atomic E-state index is 0.0313. The summed E-state index contributed by atoms with van der Waals surface area (Å²) in [6.45, 7) is 2.88. The number of benzene rings is 1. The largest absolute Gasteiger partial charge is 0.495 e. The molecule has 7 heteroatoms. The van der Waals surface area contributed by atoms with Crippen LogP contribution >= 0.6 is 11.6 Å². The van der Waals surface area contributed by atoms with Gasteiger partial charge in [-0.05, 0) is 12.8 Å². The summed E-state index contributed by atoms with van der Waals surface area (Å²) >= 11 is 6.13. The first-order valence-corrected chi connectivity index (χ1v) is 8.83. The molecule has 1 heterocycles. The van der Waals surface area contributed by atoms with Crippen molar-refractivity contribution in [1.29, 1.82) is 0 Å². The second-order valence-corrected chi connectivity index (χ2v) is 6.47. The molecule has 0 radical (unpaired) electrons. The Balaban J connectivity index is 2.28. The highest BCUT2D eigenvalue weighted by Gasteiger charge is 2.24. The van der Waals surface area contributed by atoms with E-state index in [9.17, 15) is 9.59 Å². The molecule has 138 valence electrons. The third-order valence-corrected chi connectivity index (χ3v) is 4.67. The fraction of sp³-hybridized carbons (Fsp3) is 0.556. The van der Waals surface area contributed by atoms with Crippen LogP contribution in [0.4, 0.5) is 5.69 Å². The van der Waals surface area contributed by atoms with Crippen molar-refractivity contribution in [2.45, 2.75) is 32.6 Å². The van der Waals surface area contributed by atoms with E-state index in [1.54, 1.807) is 12.1 Å². The minimum Gasteiger partial charge on any atom is -0.495 e. The fourth-order valence-corrected chi connectivity index (χ4v) is 3.21. The van der Waals surface area contributed by atoms with E-state index in [1.807, 2.05) is 4.90 Å². The molecule has 1 aliphatic heterocycles. The lowest BCUT2D eigenvalue weighted by Crippen LogP contribution is -2.42. The molecule has 6 nitrogen and oxygen atoms in total. The molecule has 2 rings (SSSR count). The van der Waals surface area contributed by atoms with E-state index < -0.39 is 0 Å². The van der Waals surface area contributed by atoms with Crippen molar-refractivity contribution in [3.8, 4) is 11.5 Å². The Morgan fingerprint density at radius 3 is 2.20 bits per heavy atom. The molecular weight excluding hydrogens is 344 g/mol. The number of methoxy groups -OCH3 is 2. The van der Waals surface area contributed by atoms with Gasteiger partial charge in [0.2, 0.25) is 11.8 Å². The van der Waals surface area contributed by atoms with Gasteiger partial charge in [0.15, 0.2) is 0 Å². The number of likely N-dealkylation sites (tertiary alicyclic amines) is 1. The molecule has 0 spiro atoms. The molecule has 0 bridgehead atoms. The number of amides is 2. The van der Waals surface area contributed by atoms with Gasteiger partial charge < -0.3 is 14.4 Å². The van der Waals surface area contributed by atoms with Gasteiger partial charge >= 0.3 is 0 Å². The molecule has 0 saturated carbocycles. The Morgan fingerprint density at radius 2 is 1.68 bits per heavy atom. The van der Waals surface area contributed by atoms with Crippen LogP contribution in [0, 0.1) is 0 Å². The number of carbonyl (C=O) groups is 2. The van der Waals surface area contributed by atoms with Gasteiger partial charge in [-0.15, -0.1) is 0 Å². The highest BCUT2D eigenvalue weighted by Crippen LogP contribution is 2.38. The van der Waals surface area contributed by atoms with Crippen molar-refractivity contribution in [1.82, 2.24) is 4.90 Å². The van der Waals surface area contributed by atoms with Gasteiger partial charge in [-0.1, -0.05) is 24.4 Å². The molecule has 2 amide bonds. The van der Waals surface area contributed by atoms with Gasteiger partial charge in [0.05, 0.1) is 24.9 Å². The highest BCUT2D eigenvalue weighted by molar-refractivity contribution is 6.32. The summed E-state index contributed by atoms with van der Waals surface area (Å²) in [7, 11) is 2.99. The monoisotopic (exact) mass is 368 g/mol. The minimum atomic E-state index is -0.245. The Bertz CT molecular complexity index is 628. The quantitative estimate of drug-likeness (QED) is 0.801. The van der Waals surface area contributed by atoms with Gasteiger partial charge in [-0.25, -0.2) is 0 Å². The van der Waals surface area contributed by atoms with Crippen LogP contribution in [0.1, 0.15) is 32.6 Å². The number of hydrogen-bond donors (Lipinski definition) is 0. The number of rotatable bonds is 5. The van der Waals surface area contributed by atoms with Crippen molar-refractivity contribution in [3.05, 3.63) is 17.2 Å². The predicted molar refractivity (Wildman–Crippen MR) is 97.6 cm³/mol. The van der Waals surface area contributed by atoms with Crippen LogP contribution in [-0.2, 0) is 9.59 Å². The normalized spacial score (nSPS) is 14.6. The summed E-state index contributed by atoms with van der Waals surface area (Å²) < 4.78 is 10.6. The summed E-state index contributed by atoms with van der Waals surface area (Å²) in [6, 6.07) is 3.21. The molecule has 0 aliphatic carbocycles. The van der Waals surface area contributed by atoms with Gasteiger partial charge in [0.25, 0.3) is 0 Å². The van der Waals surface area contributed by atoms with Gasteiger partial charge in [0, 0.05) is 32.1 Å². The Labute approximate surface area is 153 Å². The molecule has 25 heavy (non-hydrogen) atoms. The van der Waals surface area contributed by atoms with Crippen molar-refractivity contribution in [2.24, 2.45) is 0 Å². The van der Waals surface area contributed by atoms with Crippen molar-refractivity contribution < 1.29 is 19.1 Å². The third-order valence-electron chi connectivity index (χ3n) is 4.38. The number of carbonyl (C=O) groups excluding carboxylic acids is 2. The molecule has 0 unspecified atom stereocenters. The maximum atomic E-state index is 12.7. The first kappa shape index (κ1) is 19.4. The standard InChI is InChI=1S/C18H25ClN2O4/c1-13(22)21(12-18(23)20-8-6-4-5-7-9-20)15-11-16(24-2)14(19)10-17(15)25-3/h10-11H,4-9,12H2,1-3H3. The van der Waals surface area contributed by atoms with E-state index >= 15 is 0 Å². The Hall–Kier alpha value is -1.95. The molecular formula is C18H25ClN2O4. The van der Waals surface area contributed by atoms with Crippen molar-refractivity contribution in [3.63, 3.8) is 0 Å². The molecule has 0 aromatic heterocycles. The van der Waals surface area contributed by atoms with Gasteiger partial charge in [-0.3, -0.25) is 14.5 Å². The summed E-state index contributed by atoms with van der Waals surface area (Å²) in [5, 5.41) is 0.380. The van der Waals surface area contributed by atoms with Crippen LogP contribution in [0.3, 0.4) is 0 Å². The lowest BCUT2D eigenvalue weighted by Gasteiger charge is -2.27. The molecule has 0 N–H and O–H groups in total. The molecule has 1 saturated heterocycles. The average Bonchev–Trinajstić information content (AvgIpc) is 2.88. The molecule has 0 atom stereocenters. The number of ether oxygens (including phenoxy) is 2. The van der Waals surface area contributed by atoms with Crippen LogP contribution < -0.4 is 14.4 Å². The second kappa shape index (κ2) is 8.94. The first-order valence-electron chi connectivity index (χ1n) is 8.45. The average molecular weight is 369 g/mol. The van der Waals surface area contributed by atoms with Crippen LogP contribution in [0.2, 0.25) is 5.02 Å². The van der Waals surface area contributed by atoms with E-state index in [0.29, 0.717) is 22.2 Å². The maximum Gasteiger partial charge on any atom is 0.242 e. The Kier molecular flexibility index (Phi) is 6.93. The van der Waals surface area contributed by atoms with Crippen molar-refractivity contribution in [2.75, 3.05) is 38.8 Å². The van der Waals surface area contributed by atoms with Crippen LogP contribution in [0.25, 0.3) is 0 Å². The van der Waals surface area contributed by atoms with Crippen LogP contribution in [0.5, 0.6) is 11.5 Å². The van der Waals surface area contributed by atoms with E-state index in [1.165, 1.54) is 26.0 Å². The zero-order valence-corrected chi connectivity index (χ0v) is 15.8. The van der Waals surface area contributed by atoms with E-state index in [0.717, 1.165) is 38.8 Å². The number of anilines is 1. The van der Waals surface area contributed by atoms with E-state index in [2.05, 4.69) is 0 Å². The van der Waals surface area contributed by atoms with Crippen LogP contribution in [0.15, 0.2) is 12.1 Å². The topological polar surface area (TPSA) is 59.1 Å². The lowest BCUT2D eigenvalue weighted by molar-refractivity contribution is -0.131.